The minimum Gasteiger partial charge on any atom is -0.479 e. The number of hydrogen-bond donors (Lipinski definition) is 0. The van der Waals surface area contributed by atoms with E-state index in [0.29, 0.717) is 10.8 Å². The van der Waals surface area contributed by atoms with Crippen molar-refractivity contribution in [2.75, 3.05) is 0 Å². The summed E-state index contributed by atoms with van der Waals surface area (Å²) in [5.74, 6) is 0.202. The molecule has 0 N–H and O–H groups in total. The first-order valence-corrected chi connectivity index (χ1v) is 7.02. The van der Waals surface area contributed by atoms with Crippen molar-refractivity contribution in [1.29, 1.82) is 0 Å². The zero-order chi connectivity index (χ0) is 13.7. The zero-order valence-corrected chi connectivity index (χ0v) is 11.9. The van der Waals surface area contributed by atoms with E-state index in [1.807, 2.05) is 17.5 Å². The van der Waals surface area contributed by atoms with E-state index in [4.69, 9.17) is 21.1 Å². The van der Waals surface area contributed by atoms with Gasteiger partial charge >= 0.3 is 5.97 Å². The Morgan fingerprint density at radius 2 is 2.05 bits per heavy atom. The van der Waals surface area contributed by atoms with Gasteiger partial charge in [0.1, 0.15) is 12.4 Å². The predicted octanol–water partition coefficient (Wildman–Crippen LogP) is 3.91. The Hall–Kier alpha value is -1.52. The molecule has 0 amide bonds. The normalized spacial score (nSPS) is 11.9. The lowest BCUT2D eigenvalue weighted by Gasteiger charge is -2.13. The first-order chi connectivity index (χ1) is 9.15. The van der Waals surface area contributed by atoms with Gasteiger partial charge in [0.25, 0.3) is 0 Å². The molecule has 0 saturated carbocycles. The summed E-state index contributed by atoms with van der Waals surface area (Å²) in [6.45, 7) is 1.94. The van der Waals surface area contributed by atoms with Crippen LogP contribution in [0.2, 0.25) is 5.02 Å². The molecular formula is C14H13ClO3S. The van der Waals surface area contributed by atoms with Crippen LogP contribution in [0, 0.1) is 0 Å². The van der Waals surface area contributed by atoms with Gasteiger partial charge in [-0.1, -0.05) is 17.7 Å². The maximum Gasteiger partial charge on any atom is 0.347 e. The number of rotatable bonds is 5. The van der Waals surface area contributed by atoms with Crippen LogP contribution in [0.5, 0.6) is 5.75 Å². The molecule has 1 atom stereocenters. The van der Waals surface area contributed by atoms with Gasteiger partial charge < -0.3 is 9.47 Å². The third-order valence-electron chi connectivity index (χ3n) is 2.40. The van der Waals surface area contributed by atoms with Crippen LogP contribution in [0.1, 0.15) is 11.8 Å². The highest BCUT2D eigenvalue weighted by atomic mass is 35.5. The van der Waals surface area contributed by atoms with Crippen molar-refractivity contribution in [2.24, 2.45) is 0 Å². The molecule has 5 heteroatoms. The van der Waals surface area contributed by atoms with E-state index in [1.165, 1.54) is 0 Å². The van der Waals surface area contributed by atoms with Crippen LogP contribution in [0.4, 0.5) is 0 Å². The topological polar surface area (TPSA) is 35.5 Å². The number of hydrogen-bond acceptors (Lipinski definition) is 4. The second kappa shape index (κ2) is 6.59. The minimum atomic E-state index is -0.652. The number of carbonyl (C=O) groups is 1. The Labute approximate surface area is 120 Å². The van der Waals surface area contributed by atoms with Crippen LogP contribution >= 0.6 is 22.9 Å². The summed E-state index contributed by atoms with van der Waals surface area (Å²) in [5, 5.41) is 2.57. The van der Waals surface area contributed by atoms with Crippen molar-refractivity contribution in [3.8, 4) is 5.75 Å². The van der Waals surface area contributed by atoms with Crippen molar-refractivity contribution >= 4 is 28.9 Å². The molecule has 1 aromatic heterocycles. The molecule has 0 bridgehead atoms. The van der Waals surface area contributed by atoms with Crippen LogP contribution < -0.4 is 4.74 Å². The fraction of sp³-hybridized carbons (Fsp3) is 0.214. The Bertz CT molecular complexity index is 522. The number of carbonyl (C=O) groups excluding carboxylic acids is 1. The van der Waals surface area contributed by atoms with Crippen LogP contribution in [-0.4, -0.2) is 12.1 Å². The van der Waals surface area contributed by atoms with E-state index in [2.05, 4.69) is 0 Å². The number of ether oxygens (including phenoxy) is 2. The molecule has 0 spiro atoms. The van der Waals surface area contributed by atoms with Gasteiger partial charge in [-0.3, -0.25) is 0 Å². The zero-order valence-electron chi connectivity index (χ0n) is 10.3. The highest BCUT2D eigenvalue weighted by Gasteiger charge is 2.16. The van der Waals surface area contributed by atoms with Gasteiger partial charge in [0.2, 0.25) is 0 Å². The average molecular weight is 297 g/mol. The lowest BCUT2D eigenvalue weighted by Crippen LogP contribution is -2.25. The number of esters is 1. The molecule has 2 rings (SSSR count). The van der Waals surface area contributed by atoms with Gasteiger partial charge in [0.05, 0.1) is 0 Å². The lowest BCUT2D eigenvalue weighted by molar-refractivity contribution is -0.152. The fourth-order valence-corrected chi connectivity index (χ4v) is 2.16. The van der Waals surface area contributed by atoms with Gasteiger partial charge in [-0.05, 0) is 42.6 Å². The third kappa shape index (κ3) is 4.26. The van der Waals surface area contributed by atoms with Gasteiger partial charge in [0.15, 0.2) is 6.10 Å². The molecule has 0 unspecified atom stereocenters. The quantitative estimate of drug-likeness (QED) is 0.785. The van der Waals surface area contributed by atoms with E-state index >= 15 is 0 Å². The Morgan fingerprint density at radius 1 is 1.32 bits per heavy atom. The maximum absolute atomic E-state index is 11.7. The van der Waals surface area contributed by atoms with E-state index in [9.17, 15) is 4.79 Å². The molecule has 0 aliphatic rings. The van der Waals surface area contributed by atoms with Crippen molar-refractivity contribution in [3.05, 3.63) is 51.7 Å². The Balaban J connectivity index is 1.83. The summed E-state index contributed by atoms with van der Waals surface area (Å²) >= 11 is 7.32. The molecule has 0 aliphatic heterocycles. The molecule has 0 aliphatic carbocycles. The van der Waals surface area contributed by atoms with Crippen LogP contribution in [0.3, 0.4) is 0 Å². The highest BCUT2D eigenvalue weighted by Crippen LogP contribution is 2.17. The van der Waals surface area contributed by atoms with Gasteiger partial charge in [-0.25, -0.2) is 4.79 Å². The van der Waals surface area contributed by atoms with E-state index in [1.54, 1.807) is 42.5 Å². The van der Waals surface area contributed by atoms with E-state index < -0.39 is 6.10 Å². The summed E-state index contributed by atoms with van der Waals surface area (Å²) in [4.78, 5) is 12.7. The highest BCUT2D eigenvalue weighted by molar-refractivity contribution is 7.09. The van der Waals surface area contributed by atoms with Crippen molar-refractivity contribution in [2.45, 2.75) is 19.6 Å². The standard InChI is InChI=1S/C14H13ClO3S/c1-10(18-12-6-4-11(15)5-7-12)14(16)17-9-13-3-2-8-19-13/h2-8,10H,9H2,1H3/t10-/m1/s1. The van der Waals surface area contributed by atoms with Crippen LogP contribution in [0.15, 0.2) is 41.8 Å². The van der Waals surface area contributed by atoms with Crippen molar-refractivity contribution in [3.63, 3.8) is 0 Å². The molecule has 19 heavy (non-hydrogen) atoms. The number of benzene rings is 1. The summed E-state index contributed by atoms with van der Waals surface area (Å²) in [7, 11) is 0. The summed E-state index contributed by atoms with van der Waals surface area (Å²) < 4.78 is 10.6. The third-order valence-corrected chi connectivity index (χ3v) is 3.50. The summed E-state index contributed by atoms with van der Waals surface area (Å²) in [5.41, 5.74) is 0. The number of thiophene rings is 1. The largest absolute Gasteiger partial charge is 0.479 e. The molecule has 0 saturated heterocycles. The molecule has 0 radical (unpaired) electrons. The summed E-state index contributed by atoms with van der Waals surface area (Å²) in [6, 6.07) is 10.7. The van der Waals surface area contributed by atoms with Crippen molar-refractivity contribution in [1.82, 2.24) is 0 Å². The molecule has 2 aromatic rings. The Kier molecular flexibility index (Phi) is 4.82. The van der Waals surface area contributed by atoms with E-state index in [-0.39, 0.29) is 12.6 Å². The molecule has 1 heterocycles. The first kappa shape index (κ1) is 13.9. The predicted molar refractivity (Wildman–Crippen MR) is 75.7 cm³/mol. The minimum absolute atomic E-state index is 0.283. The molecule has 1 aromatic carbocycles. The maximum atomic E-state index is 11.7. The average Bonchev–Trinajstić information content (AvgIpc) is 2.91. The summed E-state index contributed by atoms with van der Waals surface area (Å²) in [6.07, 6.45) is -0.652. The fourth-order valence-electron chi connectivity index (χ4n) is 1.42. The lowest BCUT2D eigenvalue weighted by atomic mass is 10.3. The SMILES string of the molecule is C[C@@H](Oc1ccc(Cl)cc1)C(=O)OCc1cccs1. The molecule has 0 fully saturated rings. The van der Waals surface area contributed by atoms with Crippen LogP contribution in [0.25, 0.3) is 0 Å². The Morgan fingerprint density at radius 3 is 2.68 bits per heavy atom. The van der Waals surface area contributed by atoms with Crippen molar-refractivity contribution < 1.29 is 14.3 Å². The molecular weight excluding hydrogens is 284 g/mol. The van der Waals surface area contributed by atoms with Crippen LogP contribution in [-0.2, 0) is 16.1 Å². The van der Waals surface area contributed by atoms with Gasteiger partial charge in [-0.2, -0.15) is 0 Å². The monoisotopic (exact) mass is 296 g/mol. The molecule has 100 valence electrons. The first-order valence-electron chi connectivity index (χ1n) is 5.76. The second-order valence-corrected chi connectivity index (χ2v) is 5.37. The second-order valence-electron chi connectivity index (χ2n) is 3.90. The van der Waals surface area contributed by atoms with Gasteiger partial charge in [-0.15, -0.1) is 11.3 Å². The smallest absolute Gasteiger partial charge is 0.347 e. The molecule has 3 nitrogen and oxygen atoms in total. The van der Waals surface area contributed by atoms with E-state index in [0.717, 1.165) is 4.88 Å². The van der Waals surface area contributed by atoms with Gasteiger partial charge in [0, 0.05) is 9.90 Å². The number of halogens is 1.